The molecule has 1 aromatic rings. The summed E-state index contributed by atoms with van der Waals surface area (Å²) < 4.78 is 0. The molecule has 1 N–H and O–H groups in total. The second-order valence-electron chi connectivity index (χ2n) is 3.38. The van der Waals surface area contributed by atoms with E-state index in [1.165, 1.54) is 10.5 Å². The van der Waals surface area contributed by atoms with E-state index in [1.54, 1.807) is 11.8 Å². The molecule has 0 bridgehead atoms. The van der Waals surface area contributed by atoms with E-state index in [4.69, 9.17) is 0 Å². The zero-order chi connectivity index (χ0) is 9.68. The first-order valence-corrected chi connectivity index (χ1v) is 5.81. The standard InChI is InChI=1S/C11H17NS/c1-9(2)12-8-10-4-6-11(13-3)7-5-10/h4-7,9,12H,8H2,1-3H3. The summed E-state index contributed by atoms with van der Waals surface area (Å²) in [5.41, 5.74) is 1.35. The van der Waals surface area contributed by atoms with Crippen LogP contribution in [0.2, 0.25) is 0 Å². The van der Waals surface area contributed by atoms with Crippen LogP contribution in [0.5, 0.6) is 0 Å². The molecule has 1 aromatic carbocycles. The molecule has 0 unspecified atom stereocenters. The molecule has 0 aromatic heterocycles. The van der Waals surface area contributed by atoms with E-state index in [1.807, 2.05) is 0 Å². The van der Waals surface area contributed by atoms with Gasteiger partial charge >= 0.3 is 0 Å². The highest BCUT2D eigenvalue weighted by atomic mass is 32.2. The zero-order valence-corrected chi connectivity index (χ0v) is 9.32. The third-order valence-corrected chi connectivity index (χ3v) is 2.62. The van der Waals surface area contributed by atoms with Crippen LogP contribution in [-0.4, -0.2) is 12.3 Å². The lowest BCUT2D eigenvalue weighted by atomic mass is 10.2. The molecule has 0 aliphatic carbocycles. The van der Waals surface area contributed by atoms with Gasteiger partial charge in [0.1, 0.15) is 0 Å². The van der Waals surface area contributed by atoms with Crippen LogP contribution in [0.1, 0.15) is 19.4 Å². The molecule has 0 heterocycles. The van der Waals surface area contributed by atoms with Gasteiger partial charge in [0.15, 0.2) is 0 Å². The van der Waals surface area contributed by atoms with E-state index in [-0.39, 0.29) is 0 Å². The summed E-state index contributed by atoms with van der Waals surface area (Å²) in [6.45, 7) is 5.29. The zero-order valence-electron chi connectivity index (χ0n) is 8.50. The van der Waals surface area contributed by atoms with Gasteiger partial charge in [0.25, 0.3) is 0 Å². The summed E-state index contributed by atoms with van der Waals surface area (Å²) in [4.78, 5) is 1.33. The molecule has 0 saturated heterocycles. The van der Waals surface area contributed by atoms with E-state index >= 15 is 0 Å². The summed E-state index contributed by atoms with van der Waals surface area (Å²) in [6, 6.07) is 9.26. The van der Waals surface area contributed by atoms with Gasteiger partial charge in [0.2, 0.25) is 0 Å². The lowest BCUT2D eigenvalue weighted by molar-refractivity contribution is 0.588. The molecule has 0 aliphatic heterocycles. The van der Waals surface area contributed by atoms with Crippen LogP contribution < -0.4 is 5.32 Å². The van der Waals surface area contributed by atoms with Crippen molar-refractivity contribution in [3.63, 3.8) is 0 Å². The van der Waals surface area contributed by atoms with Crippen molar-refractivity contribution in [2.75, 3.05) is 6.26 Å². The lowest BCUT2D eigenvalue weighted by Crippen LogP contribution is -2.21. The molecule has 0 radical (unpaired) electrons. The fraction of sp³-hybridized carbons (Fsp3) is 0.455. The maximum atomic E-state index is 3.39. The summed E-state index contributed by atoms with van der Waals surface area (Å²) in [7, 11) is 0. The minimum atomic E-state index is 0.556. The highest BCUT2D eigenvalue weighted by Crippen LogP contribution is 2.14. The van der Waals surface area contributed by atoms with Crippen molar-refractivity contribution in [2.45, 2.75) is 31.3 Å². The van der Waals surface area contributed by atoms with Gasteiger partial charge in [0, 0.05) is 17.5 Å². The molecule has 0 spiro atoms. The average Bonchev–Trinajstić information content (AvgIpc) is 2.15. The minimum absolute atomic E-state index is 0.556. The summed E-state index contributed by atoms with van der Waals surface area (Å²) in [5, 5.41) is 3.39. The van der Waals surface area contributed by atoms with Crippen molar-refractivity contribution in [1.29, 1.82) is 0 Å². The smallest absolute Gasteiger partial charge is 0.0207 e. The minimum Gasteiger partial charge on any atom is -0.310 e. The fourth-order valence-corrected chi connectivity index (χ4v) is 1.47. The molecule has 13 heavy (non-hydrogen) atoms. The summed E-state index contributed by atoms with van der Waals surface area (Å²) in [5.74, 6) is 0. The van der Waals surface area contributed by atoms with Crippen molar-refractivity contribution in [2.24, 2.45) is 0 Å². The number of hydrogen-bond donors (Lipinski definition) is 1. The number of rotatable bonds is 4. The second kappa shape index (κ2) is 5.30. The molecule has 72 valence electrons. The monoisotopic (exact) mass is 195 g/mol. The van der Waals surface area contributed by atoms with Crippen molar-refractivity contribution < 1.29 is 0 Å². The Hall–Kier alpha value is -0.470. The Bertz CT molecular complexity index is 241. The average molecular weight is 195 g/mol. The first-order valence-electron chi connectivity index (χ1n) is 4.58. The summed E-state index contributed by atoms with van der Waals surface area (Å²) >= 11 is 1.78. The third-order valence-electron chi connectivity index (χ3n) is 1.87. The van der Waals surface area contributed by atoms with Gasteiger partial charge < -0.3 is 5.32 Å². The molecule has 0 fully saturated rings. The van der Waals surface area contributed by atoms with Crippen LogP contribution in [-0.2, 0) is 6.54 Å². The van der Waals surface area contributed by atoms with E-state index in [2.05, 4.69) is 49.7 Å². The Morgan fingerprint density at radius 1 is 1.23 bits per heavy atom. The maximum Gasteiger partial charge on any atom is 0.0207 e. The van der Waals surface area contributed by atoms with Crippen molar-refractivity contribution in [3.8, 4) is 0 Å². The quantitative estimate of drug-likeness (QED) is 0.741. The van der Waals surface area contributed by atoms with Gasteiger partial charge in [-0.2, -0.15) is 0 Å². The Balaban J connectivity index is 2.49. The van der Waals surface area contributed by atoms with Gasteiger partial charge in [-0.1, -0.05) is 26.0 Å². The van der Waals surface area contributed by atoms with Gasteiger partial charge in [-0.15, -0.1) is 11.8 Å². The molecule has 2 heteroatoms. The first-order chi connectivity index (χ1) is 6.22. The largest absolute Gasteiger partial charge is 0.310 e. The van der Waals surface area contributed by atoms with Gasteiger partial charge in [-0.3, -0.25) is 0 Å². The highest BCUT2D eigenvalue weighted by molar-refractivity contribution is 7.98. The maximum absolute atomic E-state index is 3.39. The number of hydrogen-bond acceptors (Lipinski definition) is 2. The van der Waals surface area contributed by atoms with E-state index in [9.17, 15) is 0 Å². The Morgan fingerprint density at radius 3 is 2.31 bits per heavy atom. The van der Waals surface area contributed by atoms with Crippen molar-refractivity contribution in [1.82, 2.24) is 5.32 Å². The Kier molecular flexibility index (Phi) is 4.33. The molecular weight excluding hydrogens is 178 g/mol. The SMILES string of the molecule is CSc1ccc(CNC(C)C)cc1. The number of benzene rings is 1. The van der Waals surface area contributed by atoms with Crippen LogP contribution in [0.25, 0.3) is 0 Å². The van der Waals surface area contributed by atoms with Crippen LogP contribution in [0.3, 0.4) is 0 Å². The third kappa shape index (κ3) is 3.83. The normalized spacial score (nSPS) is 10.8. The Morgan fingerprint density at radius 2 is 1.85 bits per heavy atom. The van der Waals surface area contributed by atoms with Crippen molar-refractivity contribution in [3.05, 3.63) is 29.8 Å². The lowest BCUT2D eigenvalue weighted by Gasteiger charge is -2.07. The molecule has 1 rings (SSSR count). The summed E-state index contributed by atoms with van der Waals surface area (Å²) in [6.07, 6.45) is 2.10. The predicted octanol–water partition coefficient (Wildman–Crippen LogP) is 2.91. The van der Waals surface area contributed by atoms with Crippen LogP contribution in [0.4, 0.5) is 0 Å². The molecule has 0 saturated carbocycles. The fourth-order valence-electron chi connectivity index (χ4n) is 1.07. The molecule has 0 aliphatic rings. The predicted molar refractivity (Wildman–Crippen MR) is 60.2 cm³/mol. The number of thioether (sulfide) groups is 1. The van der Waals surface area contributed by atoms with Gasteiger partial charge in [-0.05, 0) is 24.0 Å². The Labute approximate surface area is 84.9 Å². The van der Waals surface area contributed by atoms with E-state index in [0.29, 0.717) is 6.04 Å². The van der Waals surface area contributed by atoms with Crippen LogP contribution in [0, 0.1) is 0 Å². The molecule has 1 nitrogen and oxygen atoms in total. The van der Waals surface area contributed by atoms with Gasteiger partial charge in [-0.25, -0.2) is 0 Å². The molecule has 0 amide bonds. The van der Waals surface area contributed by atoms with Crippen molar-refractivity contribution >= 4 is 11.8 Å². The van der Waals surface area contributed by atoms with Gasteiger partial charge in [0.05, 0.1) is 0 Å². The van der Waals surface area contributed by atoms with Crippen LogP contribution in [0.15, 0.2) is 29.2 Å². The number of nitrogens with one attached hydrogen (secondary N) is 1. The first kappa shape index (κ1) is 10.6. The molecule has 0 atom stereocenters. The topological polar surface area (TPSA) is 12.0 Å². The molecular formula is C11H17NS. The van der Waals surface area contributed by atoms with E-state index < -0.39 is 0 Å². The van der Waals surface area contributed by atoms with Crippen LogP contribution >= 0.6 is 11.8 Å². The van der Waals surface area contributed by atoms with E-state index in [0.717, 1.165) is 6.54 Å². The highest BCUT2D eigenvalue weighted by Gasteiger charge is 1.95. The second-order valence-corrected chi connectivity index (χ2v) is 4.26.